The van der Waals surface area contributed by atoms with Crippen LogP contribution in [0.1, 0.15) is 11.4 Å². The van der Waals surface area contributed by atoms with Crippen LogP contribution >= 0.6 is 0 Å². The van der Waals surface area contributed by atoms with Crippen LogP contribution in [0.15, 0.2) is 48.5 Å². The predicted octanol–water partition coefficient (Wildman–Crippen LogP) is 2.33. The molecule has 20 heavy (non-hydrogen) atoms. The molecule has 2 aromatic carbocycles. The fourth-order valence-electron chi connectivity index (χ4n) is 2.46. The maximum Gasteiger partial charge on any atom is 0.115 e. The monoisotopic (exact) mass is 268 g/mol. The summed E-state index contributed by atoms with van der Waals surface area (Å²) in [4.78, 5) is 4.63. The van der Waals surface area contributed by atoms with E-state index >= 15 is 0 Å². The number of fused-ring (bicyclic) bond motifs is 1. The van der Waals surface area contributed by atoms with Gasteiger partial charge in [-0.2, -0.15) is 0 Å². The number of aromatic hydroxyl groups is 1. The molecule has 2 N–H and O–H groups in total. The maximum atomic E-state index is 9.54. The smallest absolute Gasteiger partial charge is 0.115 e. The number of aromatic nitrogens is 2. The topological polar surface area (TPSA) is 58.3 Å². The summed E-state index contributed by atoms with van der Waals surface area (Å²) in [6, 6.07) is 15.1. The van der Waals surface area contributed by atoms with Crippen LogP contribution in [0.2, 0.25) is 0 Å². The van der Waals surface area contributed by atoms with Crippen LogP contribution in [0.5, 0.6) is 5.75 Å². The van der Waals surface area contributed by atoms with Crippen LogP contribution in [0.4, 0.5) is 0 Å². The van der Waals surface area contributed by atoms with Crippen molar-refractivity contribution in [3.05, 3.63) is 59.9 Å². The Labute approximate surface area is 116 Å². The number of hydrogen-bond donors (Lipinski definition) is 2. The summed E-state index contributed by atoms with van der Waals surface area (Å²) < 4.78 is 2.03. The largest absolute Gasteiger partial charge is 0.508 e. The van der Waals surface area contributed by atoms with Gasteiger partial charge in [0.15, 0.2) is 0 Å². The number of imidazole rings is 1. The highest BCUT2D eigenvalue weighted by molar-refractivity contribution is 5.76. The second-order valence-electron chi connectivity index (χ2n) is 4.74. The molecule has 0 saturated heterocycles. The summed E-state index contributed by atoms with van der Waals surface area (Å²) in [7, 11) is 0. The standard InChI is InChI=1S/C16H16N2O2/c19-9-8-18-15-7-2-1-6-14(15)17-16(18)11-12-4-3-5-13(20)10-12/h1-7,10,19-20H,8-9,11H2. The molecule has 102 valence electrons. The second kappa shape index (κ2) is 5.35. The summed E-state index contributed by atoms with van der Waals surface area (Å²) >= 11 is 0. The van der Waals surface area contributed by atoms with Gasteiger partial charge in [-0.3, -0.25) is 0 Å². The molecule has 0 aliphatic rings. The molecule has 0 unspecified atom stereocenters. The van der Waals surface area contributed by atoms with Gasteiger partial charge in [0.2, 0.25) is 0 Å². The van der Waals surface area contributed by atoms with Gasteiger partial charge in [0, 0.05) is 13.0 Å². The number of para-hydroxylation sites is 2. The lowest BCUT2D eigenvalue weighted by molar-refractivity contribution is 0.276. The molecule has 0 fully saturated rings. The summed E-state index contributed by atoms with van der Waals surface area (Å²) in [5.41, 5.74) is 2.95. The van der Waals surface area contributed by atoms with E-state index in [1.807, 2.05) is 41.0 Å². The quantitative estimate of drug-likeness (QED) is 0.763. The summed E-state index contributed by atoms with van der Waals surface area (Å²) in [6.45, 7) is 0.599. The highest BCUT2D eigenvalue weighted by atomic mass is 16.3. The van der Waals surface area contributed by atoms with E-state index in [4.69, 9.17) is 0 Å². The predicted molar refractivity (Wildman–Crippen MR) is 77.7 cm³/mol. The average Bonchev–Trinajstić information content (AvgIpc) is 2.77. The molecule has 0 saturated carbocycles. The average molecular weight is 268 g/mol. The van der Waals surface area contributed by atoms with Gasteiger partial charge in [-0.25, -0.2) is 4.98 Å². The first-order valence-corrected chi connectivity index (χ1v) is 6.61. The first kappa shape index (κ1) is 12.7. The van der Waals surface area contributed by atoms with Gasteiger partial charge in [-0.1, -0.05) is 24.3 Å². The van der Waals surface area contributed by atoms with Crippen LogP contribution in [-0.2, 0) is 13.0 Å². The summed E-state index contributed by atoms with van der Waals surface area (Å²) in [6.07, 6.45) is 0.628. The van der Waals surface area contributed by atoms with Crippen molar-refractivity contribution in [1.82, 2.24) is 9.55 Å². The van der Waals surface area contributed by atoms with E-state index < -0.39 is 0 Å². The second-order valence-corrected chi connectivity index (χ2v) is 4.74. The van der Waals surface area contributed by atoms with Gasteiger partial charge in [-0.05, 0) is 29.8 Å². The zero-order valence-corrected chi connectivity index (χ0v) is 11.0. The summed E-state index contributed by atoms with van der Waals surface area (Å²) in [5, 5.41) is 18.8. The van der Waals surface area contributed by atoms with Crippen LogP contribution in [-0.4, -0.2) is 26.4 Å². The minimum Gasteiger partial charge on any atom is -0.508 e. The van der Waals surface area contributed by atoms with Crippen molar-refractivity contribution in [1.29, 1.82) is 0 Å². The highest BCUT2D eigenvalue weighted by Gasteiger charge is 2.10. The fourth-order valence-corrected chi connectivity index (χ4v) is 2.46. The van der Waals surface area contributed by atoms with Crippen LogP contribution in [0, 0.1) is 0 Å². The van der Waals surface area contributed by atoms with E-state index in [1.54, 1.807) is 12.1 Å². The molecule has 0 radical (unpaired) electrons. The van der Waals surface area contributed by atoms with Crippen molar-refractivity contribution in [2.24, 2.45) is 0 Å². The number of phenols is 1. The SMILES string of the molecule is OCCn1c(Cc2cccc(O)c2)nc2ccccc21. The molecule has 0 bridgehead atoms. The molecular weight excluding hydrogens is 252 g/mol. The third-order valence-electron chi connectivity index (χ3n) is 3.33. The van der Waals surface area contributed by atoms with Gasteiger partial charge >= 0.3 is 0 Å². The fraction of sp³-hybridized carbons (Fsp3) is 0.188. The molecule has 1 heterocycles. The molecule has 4 heteroatoms. The van der Waals surface area contributed by atoms with Gasteiger partial charge in [0.05, 0.1) is 17.6 Å². The number of rotatable bonds is 4. The minimum absolute atomic E-state index is 0.0768. The number of aliphatic hydroxyl groups excluding tert-OH is 1. The molecule has 0 atom stereocenters. The van der Waals surface area contributed by atoms with Crippen LogP contribution < -0.4 is 0 Å². The van der Waals surface area contributed by atoms with Gasteiger partial charge in [0.1, 0.15) is 11.6 Å². The molecule has 0 aliphatic heterocycles. The van der Waals surface area contributed by atoms with E-state index in [9.17, 15) is 10.2 Å². The first-order chi connectivity index (χ1) is 9.78. The lowest BCUT2D eigenvalue weighted by Gasteiger charge is -2.07. The molecule has 0 spiro atoms. The van der Waals surface area contributed by atoms with Crippen molar-refractivity contribution in [3.63, 3.8) is 0 Å². The van der Waals surface area contributed by atoms with E-state index in [0.717, 1.165) is 22.4 Å². The van der Waals surface area contributed by atoms with Crippen molar-refractivity contribution in [2.75, 3.05) is 6.61 Å². The Morgan fingerprint density at radius 2 is 1.90 bits per heavy atom. The molecular formula is C16H16N2O2. The normalized spacial score (nSPS) is 11.1. The van der Waals surface area contributed by atoms with E-state index in [0.29, 0.717) is 13.0 Å². The van der Waals surface area contributed by atoms with Crippen molar-refractivity contribution >= 4 is 11.0 Å². The Kier molecular flexibility index (Phi) is 3.39. The molecule has 3 rings (SSSR count). The van der Waals surface area contributed by atoms with Gasteiger partial charge in [-0.15, -0.1) is 0 Å². The Bertz CT molecular complexity index is 734. The van der Waals surface area contributed by atoms with E-state index in [-0.39, 0.29) is 12.4 Å². The third kappa shape index (κ3) is 2.38. The maximum absolute atomic E-state index is 9.54. The van der Waals surface area contributed by atoms with Crippen molar-refractivity contribution in [3.8, 4) is 5.75 Å². The zero-order chi connectivity index (χ0) is 13.9. The first-order valence-electron chi connectivity index (χ1n) is 6.61. The van der Waals surface area contributed by atoms with E-state index in [1.165, 1.54) is 0 Å². The van der Waals surface area contributed by atoms with E-state index in [2.05, 4.69) is 4.98 Å². The van der Waals surface area contributed by atoms with Crippen molar-refractivity contribution in [2.45, 2.75) is 13.0 Å². The third-order valence-corrected chi connectivity index (χ3v) is 3.33. The highest BCUT2D eigenvalue weighted by Crippen LogP contribution is 2.20. The molecule has 1 aromatic heterocycles. The van der Waals surface area contributed by atoms with Crippen molar-refractivity contribution < 1.29 is 10.2 Å². The Hall–Kier alpha value is -2.33. The number of benzene rings is 2. The molecule has 4 nitrogen and oxygen atoms in total. The Balaban J connectivity index is 2.04. The molecule has 3 aromatic rings. The Morgan fingerprint density at radius 3 is 2.70 bits per heavy atom. The number of phenolic OH excluding ortho intramolecular Hbond substituents is 1. The lowest BCUT2D eigenvalue weighted by atomic mass is 10.1. The summed E-state index contributed by atoms with van der Waals surface area (Å²) in [5.74, 6) is 1.15. The number of hydrogen-bond acceptors (Lipinski definition) is 3. The molecule has 0 amide bonds. The van der Waals surface area contributed by atoms with Gasteiger partial charge in [0.25, 0.3) is 0 Å². The number of aliphatic hydroxyl groups is 1. The Morgan fingerprint density at radius 1 is 1.05 bits per heavy atom. The minimum atomic E-state index is 0.0768. The van der Waals surface area contributed by atoms with Gasteiger partial charge < -0.3 is 14.8 Å². The lowest BCUT2D eigenvalue weighted by Crippen LogP contribution is -2.07. The van der Waals surface area contributed by atoms with Crippen LogP contribution in [0.25, 0.3) is 11.0 Å². The van der Waals surface area contributed by atoms with Crippen LogP contribution in [0.3, 0.4) is 0 Å². The zero-order valence-electron chi connectivity index (χ0n) is 11.0. The molecule has 0 aliphatic carbocycles. The number of nitrogens with zero attached hydrogens (tertiary/aromatic N) is 2.